The molecule has 5 rings (SSSR count). The summed E-state index contributed by atoms with van der Waals surface area (Å²) in [6.45, 7) is 7.35. The maximum atomic E-state index is 2.45. The number of fused-ring (bicyclic) bond motifs is 3. The van der Waals surface area contributed by atoms with Crippen LogP contribution in [0.4, 0.5) is 0 Å². The molecule has 0 saturated carbocycles. The van der Waals surface area contributed by atoms with Gasteiger partial charge in [-0.3, -0.25) is 0 Å². The van der Waals surface area contributed by atoms with Crippen molar-refractivity contribution >= 4 is 0 Å². The van der Waals surface area contributed by atoms with Gasteiger partial charge in [0.2, 0.25) is 0 Å². The molecule has 2 aromatic rings. The van der Waals surface area contributed by atoms with Crippen molar-refractivity contribution in [3.63, 3.8) is 0 Å². The molecular weight excluding hydrogens is 288 g/mol. The summed E-state index contributed by atoms with van der Waals surface area (Å²) in [5.41, 5.74) is 11.1. The number of benzene rings is 2. The van der Waals surface area contributed by atoms with Gasteiger partial charge >= 0.3 is 0 Å². The fourth-order valence-corrected chi connectivity index (χ4v) is 5.71. The van der Waals surface area contributed by atoms with E-state index in [0.717, 1.165) is 12.8 Å². The maximum absolute atomic E-state index is 2.45. The molecule has 0 spiro atoms. The summed E-state index contributed by atoms with van der Waals surface area (Å²) in [5, 5.41) is 0. The van der Waals surface area contributed by atoms with E-state index in [1.807, 2.05) is 0 Å². The lowest BCUT2D eigenvalue weighted by atomic mass is 9.69. The molecule has 3 aliphatic rings. The first-order valence-corrected chi connectivity index (χ1v) is 9.19. The van der Waals surface area contributed by atoms with E-state index in [9.17, 15) is 0 Å². The fourth-order valence-electron chi connectivity index (χ4n) is 5.71. The average Bonchev–Trinajstić information content (AvgIpc) is 3.23. The van der Waals surface area contributed by atoms with Crippen LogP contribution in [-0.4, -0.2) is 0 Å². The Balaban J connectivity index is 1.67. The molecule has 0 heterocycles. The van der Waals surface area contributed by atoms with Gasteiger partial charge in [-0.1, -0.05) is 81.0 Å². The Kier molecular flexibility index (Phi) is 2.81. The minimum atomic E-state index is 0.228. The van der Waals surface area contributed by atoms with E-state index in [-0.39, 0.29) is 5.41 Å². The largest absolute Gasteiger partial charge is 0.0801 e. The molecule has 2 unspecified atom stereocenters. The average molecular weight is 312 g/mol. The summed E-state index contributed by atoms with van der Waals surface area (Å²) < 4.78 is 0. The van der Waals surface area contributed by atoms with Gasteiger partial charge in [-0.15, -0.1) is 0 Å². The minimum absolute atomic E-state index is 0.228. The monoisotopic (exact) mass is 312 g/mol. The van der Waals surface area contributed by atoms with Crippen molar-refractivity contribution in [2.75, 3.05) is 0 Å². The molecule has 24 heavy (non-hydrogen) atoms. The first kappa shape index (κ1) is 14.3. The van der Waals surface area contributed by atoms with Gasteiger partial charge in [0.25, 0.3) is 0 Å². The van der Waals surface area contributed by atoms with E-state index in [0.29, 0.717) is 11.8 Å². The molecule has 0 radical (unpaired) electrons. The summed E-state index contributed by atoms with van der Waals surface area (Å²) in [5.74, 6) is 1.23. The Morgan fingerprint density at radius 3 is 2.58 bits per heavy atom. The molecule has 0 aromatic heterocycles. The molecule has 0 heteroatoms. The van der Waals surface area contributed by atoms with Gasteiger partial charge in [0.05, 0.1) is 0 Å². The molecule has 0 aliphatic heterocycles. The van der Waals surface area contributed by atoms with Crippen molar-refractivity contribution in [2.24, 2.45) is 11.3 Å². The molecule has 3 aliphatic carbocycles. The molecule has 0 amide bonds. The molecule has 0 N–H and O–H groups in total. The Labute approximate surface area is 144 Å². The zero-order valence-electron chi connectivity index (χ0n) is 14.8. The molecule has 0 nitrogen and oxygen atoms in total. The lowest BCUT2D eigenvalue weighted by Crippen LogP contribution is -2.24. The lowest BCUT2D eigenvalue weighted by Gasteiger charge is -2.34. The van der Waals surface area contributed by atoms with Gasteiger partial charge in [-0.25, -0.2) is 0 Å². The normalized spacial score (nSPS) is 25.8. The quantitative estimate of drug-likeness (QED) is 0.496. The Morgan fingerprint density at radius 2 is 1.75 bits per heavy atom. The van der Waals surface area contributed by atoms with E-state index in [4.69, 9.17) is 0 Å². The van der Waals surface area contributed by atoms with Crippen LogP contribution in [0.3, 0.4) is 0 Å². The lowest BCUT2D eigenvalue weighted by molar-refractivity contribution is 0.333. The molecule has 0 saturated heterocycles. The third-order valence-electron chi connectivity index (χ3n) is 6.71. The van der Waals surface area contributed by atoms with Crippen molar-refractivity contribution in [1.29, 1.82) is 0 Å². The number of rotatable bonds is 1. The Bertz CT molecular complexity index is 907. The van der Waals surface area contributed by atoms with Gasteiger partial charge in [0.1, 0.15) is 0 Å². The van der Waals surface area contributed by atoms with E-state index in [1.165, 1.54) is 16.7 Å². The highest BCUT2D eigenvalue weighted by Gasteiger charge is 2.47. The molecule has 0 fully saturated rings. The van der Waals surface area contributed by atoms with Crippen LogP contribution >= 0.6 is 0 Å². The minimum Gasteiger partial charge on any atom is -0.0801 e. The van der Waals surface area contributed by atoms with Crippen LogP contribution in [0.1, 0.15) is 49.8 Å². The van der Waals surface area contributed by atoms with Crippen molar-refractivity contribution < 1.29 is 0 Å². The van der Waals surface area contributed by atoms with Gasteiger partial charge in [0, 0.05) is 0 Å². The van der Waals surface area contributed by atoms with Gasteiger partial charge in [-0.05, 0) is 63.5 Å². The third kappa shape index (κ3) is 1.69. The van der Waals surface area contributed by atoms with Gasteiger partial charge in [-0.2, -0.15) is 0 Å². The van der Waals surface area contributed by atoms with Crippen LogP contribution < -0.4 is 0 Å². The highest BCUT2D eigenvalue weighted by molar-refractivity contribution is 5.78. The van der Waals surface area contributed by atoms with E-state index in [1.54, 1.807) is 22.3 Å². The predicted octanol–water partition coefficient (Wildman–Crippen LogP) is 6.27. The van der Waals surface area contributed by atoms with E-state index >= 15 is 0 Å². The summed E-state index contributed by atoms with van der Waals surface area (Å²) in [4.78, 5) is 0. The number of hydrogen-bond donors (Lipinski definition) is 0. The van der Waals surface area contributed by atoms with E-state index in [2.05, 4.69) is 75.4 Å². The number of hydrogen-bond acceptors (Lipinski definition) is 0. The number of allylic oxidation sites excluding steroid dienone is 4. The topological polar surface area (TPSA) is 0 Å². The Morgan fingerprint density at radius 1 is 0.958 bits per heavy atom. The highest BCUT2D eigenvalue weighted by Crippen LogP contribution is 2.59. The Hall–Kier alpha value is -2.08. The standard InChI is InChI=1S/C24H24/c1-15-17-10-7-13-22(17)24(2,3)23(15)20-12-6-11-19-18-9-5-4-8-16(18)14-21(19)20/h4-9,11-13,15,23H,10,14H2,1-3H3. The third-order valence-corrected chi connectivity index (χ3v) is 6.71. The first-order valence-electron chi connectivity index (χ1n) is 9.19. The van der Waals surface area contributed by atoms with Crippen molar-refractivity contribution in [2.45, 2.75) is 39.5 Å². The second-order valence-electron chi connectivity index (χ2n) is 8.24. The van der Waals surface area contributed by atoms with Crippen molar-refractivity contribution in [3.8, 4) is 11.1 Å². The first-order chi connectivity index (χ1) is 11.6. The second-order valence-corrected chi connectivity index (χ2v) is 8.24. The van der Waals surface area contributed by atoms with E-state index < -0.39 is 0 Å². The molecule has 2 atom stereocenters. The highest BCUT2D eigenvalue weighted by atomic mass is 14.5. The zero-order chi connectivity index (χ0) is 16.5. The van der Waals surface area contributed by atoms with Crippen LogP contribution in [0, 0.1) is 11.3 Å². The fraction of sp³-hybridized carbons (Fsp3) is 0.333. The van der Waals surface area contributed by atoms with Crippen molar-refractivity contribution in [3.05, 3.63) is 82.5 Å². The summed E-state index contributed by atoms with van der Waals surface area (Å²) in [7, 11) is 0. The smallest absolute Gasteiger partial charge is 0.000379 e. The SMILES string of the molecule is CC1C2=C(C=CC2)C(C)(C)C1c1cccc2c1Cc1ccccc1-2. The van der Waals surface area contributed by atoms with Crippen LogP contribution in [0.25, 0.3) is 11.1 Å². The molecular formula is C24H24. The summed E-state index contributed by atoms with van der Waals surface area (Å²) in [6.07, 6.45) is 7.00. The summed E-state index contributed by atoms with van der Waals surface area (Å²) in [6, 6.07) is 15.9. The maximum Gasteiger partial charge on any atom is -0.000379 e. The van der Waals surface area contributed by atoms with Gasteiger partial charge < -0.3 is 0 Å². The van der Waals surface area contributed by atoms with Crippen molar-refractivity contribution in [1.82, 2.24) is 0 Å². The molecule has 0 bridgehead atoms. The van der Waals surface area contributed by atoms with Crippen LogP contribution in [0.5, 0.6) is 0 Å². The van der Waals surface area contributed by atoms with Crippen LogP contribution in [0.15, 0.2) is 65.8 Å². The summed E-state index contributed by atoms with van der Waals surface area (Å²) >= 11 is 0. The zero-order valence-corrected chi connectivity index (χ0v) is 14.8. The molecule has 2 aromatic carbocycles. The predicted molar refractivity (Wildman–Crippen MR) is 101 cm³/mol. The van der Waals surface area contributed by atoms with Crippen LogP contribution in [0.2, 0.25) is 0 Å². The van der Waals surface area contributed by atoms with Crippen LogP contribution in [-0.2, 0) is 6.42 Å². The van der Waals surface area contributed by atoms with Gasteiger partial charge in [0.15, 0.2) is 0 Å². The second kappa shape index (κ2) is 4.72. The molecule has 120 valence electrons.